The molecule has 1 N–H and O–H groups in total. The first kappa shape index (κ1) is 18.9. The van der Waals surface area contributed by atoms with E-state index in [0.717, 1.165) is 30.0 Å². The van der Waals surface area contributed by atoms with E-state index in [1.807, 2.05) is 32.2 Å². The van der Waals surface area contributed by atoms with Crippen LogP contribution in [0.25, 0.3) is 27.8 Å². The van der Waals surface area contributed by atoms with E-state index in [-0.39, 0.29) is 5.82 Å². The van der Waals surface area contributed by atoms with Gasteiger partial charge in [-0.15, -0.1) is 10.2 Å². The number of rotatable bonds is 2. The number of fused-ring (bicyclic) bond motifs is 2. The number of nitrogens with one attached hydrogen (secondary N) is 1. The number of imidazole rings is 1. The van der Waals surface area contributed by atoms with Crippen molar-refractivity contribution < 1.29 is 4.39 Å². The molecule has 0 aliphatic carbocycles. The van der Waals surface area contributed by atoms with Crippen molar-refractivity contribution in [2.45, 2.75) is 39.8 Å². The van der Waals surface area contributed by atoms with Crippen LogP contribution in [0.2, 0.25) is 0 Å². The molecule has 0 radical (unpaired) electrons. The summed E-state index contributed by atoms with van der Waals surface area (Å²) in [6, 6.07) is 7.77. The van der Waals surface area contributed by atoms with Gasteiger partial charge in [0, 0.05) is 36.1 Å². The third kappa shape index (κ3) is 3.27. The van der Waals surface area contributed by atoms with Gasteiger partial charge in [-0.3, -0.25) is 0 Å². The van der Waals surface area contributed by atoms with E-state index in [1.165, 1.54) is 6.07 Å². The van der Waals surface area contributed by atoms with Crippen molar-refractivity contribution in [1.29, 1.82) is 0 Å². The van der Waals surface area contributed by atoms with Crippen LogP contribution in [0.15, 0.2) is 30.5 Å². The minimum atomic E-state index is -0.323. The van der Waals surface area contributed by atoms with Gasteiger partial charge < -0.3 is 10.2 Å². The highest BCUT2D eigenvalue weighted by atomic mass is 19.1. The number of anilines is 1. The second-order valence-electron chi connectivity index (χ2n) is 8.33. The molecule has 3 aromatic heterocycles. The van der Waals surface area contributed by atoms with E-state index in [2.05, 4.69) is 44.3 Å². The first-order chi connectivity index (χ1) is 14.4. The molecule has 0 amide bonds. The van der Waals surface area contributed by atoms with Gasteiger partial charge in [0.1, 0.15) is 5.82 Å². The molecule has 5 rings (SSSR count). The number of benzene rings is 1. The minimum absolute atomic E-state index is 0.323. The quantitative estimate of drug-likeness (QED) is 0.552. The number of hydrogen-bond acceptors (Lipinski definition) is 6. The topological polar surface area (TPSA) is 71.2 Å². The SMILES string of the molecule is Cc1cn2nc(-c3cc(F)c4cc(N5C[C@@H](C)N[C@@H](C)C5)nnc4c3)cc(C)c2n1. The summed E-state index contributed by atoms with van der Waals surface area (Å²) in [6.45, 7) is 9.81. The highest BCUT2D eigenvalue weighted by Crippen LogP contribution is 2.28. The lowest BCUT2D eigenvalue weighted by atomic mass is 10.1. The number of nitrogens with zero attached hydrogens (tertiary/aromatic N) is 6. The molecule has 8 heteroatoms. The van der Waals surface area contributed by atoms with Crippen LogP contribution in [0.4, 0.5) is 10.2 Å². The summed E-state index contributed by atoms with van der Waals surface area (Å²) >= 11 is 0. The maximum Gasteiger partial charge on any atom is 0.156 e. The van der Waals surface area contributed by atoms with E-state index in [4.69, 9.17) is 0 Å². The number of halogens is 1. The maximum atomic E-state index is 15.1. The molecule has 7 nitrogen and oxygen atoms in total. The Morgan fingerprint density at radius 3 is 2.57 bits per heavy atom. The second kappa shape index (κ2) is 6.98. The number of hydrogen-bond donors (Lipinski definition) is 1. The zero-order valence-corrected chi connectivity index (χ0v) is 17.5. The fourth-order valence-electron chi connectivity index (χ4n) is 4.29. The van der Waals surface area contributed by atoms with Crippen molar-refractivity contribution in [3.8, 4) is 11.3 Å². The minimum Gasteiger partial charge on any atom is -0.352 e. The van der Waals surface area contributed by atoms with Gasteiger partial charge in [-0.25, -0.2) is 13.9 Å². The summed E-state index contributed by atoms with van der Waals surface area (Å²) in [6.07, 6.45) is 1.87. The van der Waals surface area contributed by atoms with Gasteiger partial charge in [0.15, 0.2) is 11.5 Å². The Hall–Kier alpha value is -3.13. The fraction of sp³-hybridized carbons (Fsp3) is 0.364. The van der Waals surface area contributed by atoms with Gasteiger partial charge in [0.25, 0.3) is 0 Å². The molecule has 154 valence electrons. The average Bonchev–Trinajstić information content (AvgIpc) is 3.08. The summed E-state index contributed by atoms with van der Waals surface area (Å²) < 4.78 is 16.8. The predicted molar refractivity (Wildman–Crippen MR) is 115 cm³/mol. The second-order valence-corrected chi connectivity index (χ2v) is 8.33. The lowest BCUT2D eigenvalue weighted by molar-refractivity contribution is 0.405. The number of aryl methyl sites for hydroxylation is 2. The highest BCUT2D eigenvalue weighted by molar-refractivity contribution is 5.85. The molecular formula is C22H24FN7. The first-order valence-corrected chi connectivity index (χ1v) is 10.2. The molecule has 0 saturated carbocycles. The van der Waals surface area contributed by atoms with Crippen molar-refractivity contribution in [2.24, 2.45) is 0 Å². The van der Waals surface area contributed by atoms with Crippen molar-refractivity contribution >= 4 is 22.4 Å². The third-order valence-corrected chi connectivity index (χ3v) is 5.55. The van der Waals surface area contributed by atoms with Gasteiger partial charge in [-0.05, 0) is 57.5 Å². The van der Waals surface area contributed by atoms with Crippen molar-refractivity contribution in [1.82, 2.24) is 30.1 Å². The monoisotopic (exact) mass is 405 g/mol. The van der Waals surface area contributed by atoms with E-state index in [9.17, 15) is 0 Å². The van der Waals surface area contributed by atoms with Crippen LogP contribution in [0.3, 0.4) is 0 Å². The van der Waals surface area contributed by atoms with Crippen LogP contribution >= 0.6 is 0 Å². The third-order valence-electron chi connectivity index (χ3n) is 5.55. The van der Waals surface area contributed by atoms with Crippen molar-refractivity contribution in [3.05, 3.63) is 47.5 Å². The smallest absolute Gasteiger partial charge is 0.156 e. The van der Waals surface area contributed by atoms with E-state index < -0.39 is 0 Å². The first-order valence-electron chi connectivity index (χ1n) is 10.2. The van der Waals surface area contributed by atoms with Gasteiger partial charge in [0.2, 0.25) is 0 Å². The molecular weight excluding hydrogens is 381 g/mol. The molecule has 1 fully saturated rings. The zero-order chi connectivity index (χ0) is 21.0. The standard InChI is InChI=1S/C22H24FN7/c1-12-5-19(28-30-11-15(4)25-22(12)30)16-6-18(23)17-8-21(27-26-20(17)7-16)29-9-13(2)24-14(3)10-29/h5-8,11,13-14,24H,9-10H2,1-4H3/t13-,14+. The van der Waals surface area contributed by atoms with Crippen molar-refractivity contribution in [3.63, 3.8) is 0 Å². The summed E-state index contributed by atoms with van der Waals surface area (Å²) in [5, 5.41) is 17.3. The normalized spacial score (nSPS) is 19.7. The van der Waals surface area contributed by atoms with E-state index >= 15 is 4.39 Å². The molecule has 1 saturated heterocycles. The summed E-state index contributed by atoms with van der Waals surface area (Å²) in [4.78, 5) is 6.63. The van der Waals surface area contributed by atoms with Crippen LogP contribution in [0, 0.1) is 19.7 Å². The zero-order valence-electron chi connectivity index (χ0n) is 17.5. The Bertz CT molecular complexity index is 1260. The largest absolute Gasteiger partial charge is 0.352 e. The average molecular weight is 405 g/mol. The Morgan fingerprint density at radius 1 is 1.03 bits per heavy atom. The highest BCUT2D eigenvalue weighted by Gasteiger charge is 2.23. The fourth-order valence-corrected chi connectivity index (χ4v) is 4.29. The van der Waals surface area contributed by atoms with Gasteiger partial charge >= 0.3 is 0 Å². The molecule has 2 atom stereocenters. The molecule has 0 spiro atoms. The van der Waals surface area contributed by atoms with Crippen LogP contribution in [0.1, 0.15) is 25.1 Å². The Balaban J connectivity index is 1.56. The lowest BCUT2D eigenvalue weighted by Gasteiger charge is -2.36. The molecule has 0 bridgehead atoms. The van der Waals surface area contributed by atoms with Gasteiger partial charge in [0.05, 0.1) is 23.1 Å². The van der Waals surface area contributed by atoms with Crippen LogP contribution in [-0.2, 0) is 0 Å². The summed E-state index contributed by atoms with van der Waals surface area (Å²) in [7, 11) is 0. The molecule has 4 aromatic rings. The Labute approximate surface area is 173 Å². The number of aromatic nitrogens is 5. The molecule has 1 aromatic carbocycles. The van der Waals surface area contributed by atoms with E-state index in [0.29, 0.717) is 40.1 Å². The Morgan fingerprint density at radius 2 is 1.80 bits per heavy atom. The maximum absolute atomic E-state index is 15.1. The van der Waals surface area contributed by atoms with Gasteiger partial charge in [-0.2, -0.15) is 5.10 Å². The molecule has 1 aliphatic rings. The van der Waals surface area contributed by atoms with Gasteiger partial charge in [-0.1, -0.05) is 0 Å². The summed E-state index contributed by atoms with van der Waals surface area (Å²) in [5.74, 6) is 0.384. The Kier molecular flexibility index (Phi) is 4.39. The predicted octanol–water partition coefficient (Wildman–Crippen LogP) is 3.28. The van der Waals surface area contributed by atoms with Crippen LogP contribution in [-0.4, -0.2) is 50.0 Å². The molecule has 0 unspecified atom stereocenters. The lowest BCUT2D eigenvalue weighted by Crippen LogP contribution is -2.54. The molecule has 4 heterocycles. The van der Waals surface area contributed by atoms with E-state index in [1.54, 1.807) is 10.6 Å². The van der Waals surface area contributed by atoms with Crippen LogP contribution in [0.5, 0.6) is 0 Å². The van der Waals surface area contributed by atoms with Crippen LogP contribution < -0.4 is 10.2 Å². The molecule has 1 aliphatic heterocycles. The number of piperazine rings is 1. The summed E-state index contributed by atoms with van der Waals surface area (Å²) in [5.41, 5.74) is 4.55. The molecule has 30 heavy (non-hydrogen) atoms. The van der Waals surface area contributed by atoms with Crippen molar-refractivity contribution in [2.75, 3.05) is 18.0 Å².